The van der Waals surface area contributed by atoms with Crippen LogP contribution >= 0.6 is 0 Å². The smallest absolute Gasteiger partial charge is 0.345 e. The lowest BCUT2D eigenvalue weighted by Gasteiger charge is -2.57. The summed E-state index contributed by atoms with van der Waals surface area (Å²) in [6.45, 7) is 16.8. The molecule has 0 amide bonds. The first-order chi connectivity index (χ1) is 16.6. The number of hydrogen-bond donors (Lipinski definition) is 2. The quantitative estimate of drug-likeness (QED) is 0.510. The lowest BCUT2D eigenvalue weighted by molar-refractivity contribution is -0.180. The maximum Gasteiger partial charge on any atom is 0.345 e. The van der Waals surface area contributed by atoms with E-state index in [9.17, 15) is 15.0 Å². The van der Waals surface area contributed by atoms with Crippen molar-refractivity contribution in [3.63, 3.8) is 0 Å². The third-order valence-electron chi connectivity index (χ3n) is 9.15. The molecule has 0 radical (unpaired) electrons. The van der Waals surface area contributed by atoms with E-state index in [0.29, 0.717) is 36.3 Å². The second-order valence-corrected chi connectivity index (χ2v) is 17.3. The Hall–Kier alpha value is -2.00. The molecule has 6 atom stereocenters. The summed E-state index contributed by atoms with van der Waals surface area (Å²) in [5.41, 5.74) is -1.65. The molecule has 1 aliphatic heterocycles. The highest BCUT2D eigenvalue weighted by atomic mass is 28.4. The van der Waals surface area contributed by atoms with Gasteiger partial charge in [-0.15, -0.1) is 0 Å². The fourth-order valence-corrected chi connectivity index (χ4v) is 6.76. The number of nitrogens with zero attached hydrogens (tertiary/aromatic N) is 1. The second-order valence-electron chi connectivity index (χ2n) is 12.5. The Morgan fingerprint density at radius 3 is 2.53 bits per heavy atom. The molecule has 3 heterocycles. The van der Waals surface area contributed by atoms with Crippen LogP contribution in [0.4, 0.5) is 0 Å². The van der Waals surface area contributed by atoms with Gasteiger partial charge in [0.05, 0.1) is 17.8 Å². The molecular formula is C28H41NO6Si. The average Bonchev–Trinajstić information content (AvgIpc) is 2.79. The van der Waals surface area contributed by atoms with E-state index in [4.69, 9.17) is 13.6 Å². The van der Waals surface area contributed by atoms with Crippen LogP contribution in [0.25, 0.3) is 11.3 Å². The molecule has 0 aromatic carbocycles. The Labute approximate surface area is 215 Å². The molecule has 2 aliphatic rings. The Morgan fingerprint density at radius 1 is 1.25 bits per heavy atom. The molecule has 198 valence electrons. The van der Waals surface area contributed by atoms with Gasteiger partial charge in [0.25, 0.3) is 0 Å². The fourth-order valence-electron chi connectivity index (χ4n) is 5.37. The minimum atomic E-state index is -2.23. The Morgan fingerprint density at radius 2 is 1.94 bits per heavy atom. The normalized spacial score (nSPS) is 30.1. The van der Waals surface area contributed by atoms with E-state index < -0.39 is 37.2 Å². The van der Waals surface area contributed by atoms with E-state index in [1.807, 2.05) is 26.8 Å². The van der Waals surface area contributed by atoms with Gasteiger partial charge in [-0.2, -0.15) is 0 Å². The van der Waals surface area contributed by atoms with Gasteiger partial charge in [0, 0.05) is 29.9 Å². The highest BCUT2D eigenvalue weighted by Crippen LogP contribution is 2.55. The molecule has 0 saturated heterocycles. The number of aliphatic hydroxyl groups is 2. The molecule has 36 heavy (non-hydrogen) atoms. The molecule has 1 fully saturated rings. The van der Waals surface area contributed by atoms with Gasteiger partial charge in [0.1, 0.15) is 22.7 Å². The average molecular weight is 516 g/mol. The molecule has 0 unspecified atom stereocenters. The monoisotopic (exact) mass is 515 g/mol. The predicted molar refractivity (Wildman–Crippen MR) is 141 cm³/mol. The van der Waals surface area contributed by atoms with Crippen LogP contribution in [0, 0.1) is 11.8 Å². The zero-order valence-electron chi connectivity index (χ0n) is 22.8. The summed E-state index contributed by atoms with van der Waals surface area (Å²) in [6, 6.07) is 5.25. The largest absolute Gasteiger partial charge is 0.484 e. The SMILES string of the molecule is CC[C@](C)(O)[C@@H]1C[C@@H]2[C@H](O)c3c(cc(-c4cccnc4)oc3=O)O[C@@]2(C)[C@H](O[Si](C)(C)C(C)(C)C)C1. The van der Waals surface area contributed by atoms with Crippen LogP contribution in [0.2, 0.25) is 18.1 Å². The zero-order chi connectivity index (χ0) is 26.7. The highest BCUT2D eigenvalue weighted by molar-refractivity contribution is 6.74. The maximum atomic E-state index is 13.1. The van der Waals surface area contributed by atoms with Crippen LogP contribution in [-0.2, 0) is 4.43 Å². The number of fused-ring (bicyclic) bond motifs is 2. The molecule has 1 aliphatic carbocycles. The van der Waals surface area contributed by atoms with Crippen molar-refractivity contribution >= 4 is 8.32 Å². The van der Waals surface area contributed by atoms with Gasteiger partial charge in [0.2, 0.25) is 0 Å². The van der Waals surface area contributed by atoms with Crippen molar-refractivity contribution in [2.45, 2.75) is 102 Å². The summed E-state index contributed by atoms with van der Waals surface area (Å²) in [5.74, 6) is 0.104. The number of pyridine rings is 1. The number of rotatable bonds is 5. The van der Waals surface area contributed by atoms with E-state index in [0.717, 1.165) is 0 Å². The lowest BCUT2D eigenvalue weighted by Crippen LogP contribution is -2.64. The molecule has 2 aromatic rings. The van der Waals surface area contributed by atoms with E-state index in [-0.39, 0.29) is 22.6 Å². The summed E-state index contributed by atoms with van der Waals surface area (Å²) in [7, 11) is -2.23. The van der Waals surface area contributed by atoms with Crippen LogP contribution < -0.4 is 10.4 Å². The van der Waals surface area contributed by atoms with Gasteiger partial charge in [-0.25, -0.2) is 4.79 Å². The van der Waals surface area contributed by atoms with Crippen molar-refractivity contribution in [3.8, 4) is 17.1 Å². The van der Waals surface area contributed by atoms with Gasteiger partial charge in [-0.05, 0) is 69.3 Å². The van der Waals surface area contributed by atoms with Crippen LogP contribution in [0.15, 0.2) is 39.8 Å². The topological polar surface area (TPSA) is 102 Å². The summed E-state index contributed by atoms with van der Waals surface area (Å²) >= 11 is 0. The van der Waals surface area contributed by atoms with E-state index >= 15 is 0 Å². The zero-order valence-corrected chi connectivity index (χ0v) is 23.8. The van der Waals surface area contributed by atoms with Crippen LogP contribution in [0.1, 0.15) is 72.5 Å². The highest BCUT2D eigenvalue weighted by Gasteiger charge is 2.60. The van der Waals surface area contributed by atoms with Crippen LogP contribution in [0.5, 0.6) is 5.75 Å². The molecule has 7 nitrogen and oxygen atoms in total. The molecular weight excluding hydrogens is 474 g/mol. The minimum absolute atomic E-state index is 0.0290. The third kappa shape index (κ3) is 4.57. The van der Waals surface area contributed by atoms with Gasteiger partial charge < -0.3 is 23.8 Å². The molecule has 0 spiro atoms. The van der Waals surface area contributed by atoms with Crippen molar-refractivity contribution < 1.29 is 23.8 Å². The van der Waals surface area contributed by atoms with E-state index in [1.165, 1.54) is 0 Å². The molecule has 0 bridgehead atoms. The minimum Gasteiger partial charge on any atom is -0.484 e. The Balaban J connectivity index is 1.82. The Bertz CT molecular complexity index is 1150. The molecule has 4 rings (SSSR count). The van der Waals surface area contributed by atoms with Crippen molar-refractivity contribution in [1.29, 1.82) is 0 Å². The fraction of sp³-hybridized carbons (Fsp3) is 0.643. The van der Waals surface area contributed by atoms with Gasteiger partial charge >= 0.3 is 5.63 Å². The summed E-state index contributed by atoms with van der Waals surface area (Å²) in [4.78, 5) is 17.2. The van der Waals surface area contributed by atoms with Crippen molar-refractivity contribution in [3.05, 3.63) is 46.6 Å². The molecule has 2 aromatic heterocycles. The van der Waals surface area contributed by atoms with E-state index in [1.54, 1.807) is 24.5 Å². The number of hydrogen-bond acceptors (Lipinski definition) is 7. The second kappa shape index (κ2) is 9.08. The first kappa shape index (κ1) is 27.0. The number of aliphatic hydroxyl groups excluding tert-OH is 1. The number of ether oxygens (including phenoxy) is 1. The first-order valence-electron chi connectivity index (χ1n) is 13.0. The van der Waals surface area contributed by atoms with Crippen molar-refractivity contribution in [2.24, 2.45) is 11.8 Å². The standard InChI is InChI=1S/C28H41NO6Si/c1-9-27(5,32)18-13-19-24(30)23-21(15-20(33-25(23)31)17-11-10-12-29-16-17)34-28(19,6)22(14-18)35-36(7,8)26(2,3)4/h10-12,15-16,18-19,22,24,30,32H,9,13-14H2,1-8H3/t18-,19-,22-,24+,27+,28-/m1/s1. The summed E-state index contributed by atoms with van der Waals surface area (Å²) in [5, 5.41) is 22.8. The Kier molecular flexibility index (Phi) is 6.82. The number of aromatic nitrogens is 1. The maximum absolute atomic E-state index is 13.1. The first-order valence-corrected chi connectivity index (χ1v) is 15.9. The predicted octanol–water partition coefficient (Wildman–Crippen LogP) is 5.46. The van der Waals surface area contributed by atoms with Gasteiger partial charge in [-0.1, -0.05) is 27.7 Å². The summed E-state index contributed by atoms with van der Waals surface area (Å²) < 4.78 is 19.3. The lowest BCUT2D eigenvalue weighted by atomic mass is 9.62. The molecule has 8 heteroatoms. The van der Waals surface area contributed by atoms with E-state index in [2.05, 4.69) is 38.8 Å². The third-order valence-corrected chi connectivity index (χ3v) is 13.6. The van der Waals surface area contributed by atoms with Crippen LogP contribution in [-0.4, -0.2) is 40.8 Å². The summed E-state index contributed by atoms with van der Waals surface area (Å²) in [6.07, 6.45) is 3.51. The van der Waals surface area contributed by atoms with Crippen molar-refractivity contribution in [2.75, 3.05) is 0 Å². The van der Waals surface area contributed by atoms with Gasteiger partial charge in [0.15, 0.2) is 8.32 Å². The van der Waals surface area contributed by atoms with Gasteiger partial charge in [-0.3, -0.25) is 4.98 Å². The molecule has 1 saturated carbocycles. The molecule has 2 N–H and O–H groups in total. The van der Waals surface area contributed by atoms with Crippen molar-refractivity contribution in [1.82, 2.24) is 4.98 Å². The van der Waals surface area contributed by atoms with Crippen LogP contribution in [0.3, 0.4) is 0 Å².